The van der Waals surface area contributed by atoms with Crippen molar-refractivity contribution in [3.63, 3.8) is 0 Å². The van der Waals surface area contributed by atoms with E-state index in [1.165, 1.54) is 0 Å². The molecule has 5 nitrogen and oxygen atoms in total. The maximum Gasteiger partial charge on any atom is 0.408 e. The van der Waals surface area contributed by atoms with Gasteiger partial charge in [0.05, 0.1) is 6.61 Å². The summed E-state index contributed by atoms with van der Waals surface area (Å²) in [5.41, 5.74) is 4.66. The highest BCUT2D eigenvalue weighted by atomic mass is 16.8. The Hall–Kier alpha value is -0.810. The average Bonchev–Trinajstić information content (AvgIpc) is 2.12. The van der Waals surface area contributed by atoms with Gasteiger partial charge in [-0.1, -0.05) is 0 Å². The number of rotatable bonds is 1. The quantitative estimate of drug-likeness (QED) is 0.491. The van der Waals surface area contributed by atoms with Gasteiger partial charge in [0.25, 0.3) is 0 Å². The van der Waals surface area contributed by atoms with Gasteiger partial charge in [-0.05, 0) is 6.42 Å². The average molecular weight is 147 g/mol. The van der Waals surface area contributed by atoms with Gasteiger partial charge in [0.2, 0.25) is 0 Å². The van der Waals surface area contributed by atoms with Gasteiger partial charge in [0, 0.05) is 6.42 Å². The number of carbonyl (C=O) groups is 1. The van der Waals surface area contributed by atoms with Crippen LogP contribution in [0.15, 0.2) is 0 Å². The molecule has 1 saturated heterocycles. The highest BCUT2D eigenvalue weighted by Crippen LogP contribution is 2.23. The lowest BCUT2D eigenvalue weighted by molar-refractivity contribution is -0.308. The largest absolute Gasteiger partial charge is 0.408 e. The van der Waals surface area contributed by atoms with Crippen LogP contribution in [0.4, 0.5) is 4.79 Å². The summed E-state index contributed by atoms with van der Waals surface area (Å²) < 4.78 is 8.95. The minimum absolute atomic E-state index is 0.288. The highest BCUT2D eigenvalue weighted by Gasteiger charge is 2.36. The summed E-state index contributed by atoms with van der Waals surface area (Å²) in [6.07, 6.45) is -0.0656. The van der Waals surface area contributed by atoms with Gasteiger partial charge in [0.1, 0.15) is 0 Å². The van der Waals surface area contributed by atoms with Crippen LogP contribution < -0.4 is 5.73 Å². The minimum Gasteiger partial charge on any atom is -0.392 e. The zero-order valence-electron chi connectivity index (χ0n) is 5.37. The van der Waals surface area contributed by atoms with Gasteiger partial charge in [-0.25, -0.2) is 4.79 Å². The van der Waals surface area contributed by atoms with Crippen LogP contribution in [-0.4, -0.2) is 23.8 Å². The Morgan fingerprint density at radius 3 is 2.90 bits per heavy atom. The van der Waals surface area contributed by atoms with E-state index in [-0.39, 0.29) is 6.42 Å². The molecule has 0 aliphatic carbocycles. The van der Waals surface area contributed by atoms with Crippen LogP contribution in [-0.2, 0) is 9.47 Å². The van der Waals surface area contributed by atoms with Gasteiger partial charge in [-0.2, -0.15) is 0 Å². The fraction of sp³-hybridized carbons (Fsp3) is 0.800. The molecule has 1 aliphatic rings. The number of hydrogen-bond acceptors (Lipinski definition) is 4. The first-order valence-corrected chi connectivity index (χ1v) is 2.97. The van der Waals surface area contributed by atoms with Crippen molar-refractivity contribution in [3.8, 4) is 0 Å². The molecule has 5 heteroatoms. The van der Waals surface area contributed by atoms with Crippen molar-refractivity contribution in [1.29, 1.82) is 0 Å². The maximum atomic E-state index is 10.1. The van der Waals surface area contributed by atoms with Crippen LogP contribution in [0.5, 0.6) is 0 Å². The van der Waals surface area contributed by atoms with Gasteiger partial charge in [-0.3, -0.25) is 0 Å². The molecule has 0 radical (unpaired) electrons. The molecule has 1 fully saturated rings. The molecule has 1 unspecified atom stereocenters. The summed E-state index contributed by atoms with van der Waals surface area (Å²) in [7, 11) is 0. The molecule has 1 rings (SSSR count). The van der Waals surface area contributed by atoms with E-state index in [0.717, 1.165) is 0 Å². The first-order valence-electron chi connectivity index (χ1n) is 2.97. The maximum absolute atomic E-state index is 10.1. The zero-order chi connectivity index (χ0) is 7.61. The number of ether oxygens (including phenoxy) is 2. The Labute approximate surface area is 57.7 Å². The molecule has 1 heterocycles. The molecule has 58 valence electrons. The second kappa shape index (κ2) is 2.43. The molecule has 3 N–H and O–H groups in total. The smallest absolute Gasteiger partial charge is 0.392 e. The van der Waals surface area contributed by atoms with Crippen LogP contribution >= 0.6 is 0 Å². The van der Waals surface area contributed by atoms with E-state index in [2.05, 4.69) is 15.2 Å². The van der Waals surface area contributed by atoms with E-state index < -0.39 is 12.1 Å². The number of hydrogen-bond donors (Lipinski definition) is 2. The fourth-order valence-corrected chi connectivity index (χ4v) is 0.837. The van der Waals surface area contributed by atoms with E-state index >= 15 is 0 Å². The Morgan fingerprint density at radius 2 is 2.50 bits per heavy atom. The Morgan fingerprint density at radius 1 is 1.80 bits per heavy atom. The molecule has 0 aromatic rings. The second-order valence-corrected chi connectivity index (χ2v) is 2.09. The Bertz CT molecular complexity index is 141. The fourth-order valence-electron chi connectivity index (χ4n) is 0.837. The molecule has 1 atom stereocenters. The van der Waals surface area contributed by atoms with Crippen molar-refractivity contribution in [2.75, 3.05) is 6.61 Å². The Kier molecular flexibility index (Phi) is 1.78. The molecule has 10 heavy (non-hydrogen) atoms. The van der Waals surface area contributed by atoms with Crippen molar-refractivity contribution < 1.29 is 19.4 Å². The molecule has 0 bridgehead atoms. The van der Waals surface area contributed by atoms with E-state index in [4.69, 9.17) is 5.11 Å². The summed E-state index contributed by atoms with van der Waals surface area (Å²) in [6, 6.07) is 0. The summed E-state index contributed by atoms with van der Waals surface area (Å²) in [5.74, 6) is -1.76. The van der Waals surface area contributed by atoms with E-state index in [9.17, 15) is 4.79 Å². The molecular formula is C5H9NO4. The van der Waals surface area contributed by atoms with Crippen molar-refractivity contribution in [3.05, 3.63) is 0 Å². The van der Waals surface area contributed by atoms with Crippen molar-refractivity contribution >= 4 is 6.09 Å². The summed E-state index contributed by atoms with van der Waals surface area (Å²) >= 11 is 0. The zero-order valence-corrected chi connectivity index (χ0v) is 5.37. The molecule has 0 aromatic carbocycles. The van der Waals surface area contributed by atoms with Gasteiger partial charge < -0.3 is 20.3 Å². The summed E-state index contributed by atoms with van der Waals surface area (Å²) in [4.78, 5) is 10.1. The second-order valence-electron chi connectivity index (χ2n) is 2.09. The van der Waals surface area contributed by atoms with Crippen molar-refractivity contribution in [1.82, 2.24) is 0 Å². The monoisotopic (exact) mass is 147 g/mol. The first kappa shape index (κ1) is 7.30. The summed E-state index contributed by atoms with van der Waals surface area (Å²) in [5, 5.41) is 9.12. The van der Waals surface area contributed by atoms with Crippen LogP contribution in [0.3, 0.4) is 0 Å². The normalized spacial score (nSPS) is 32.1. The van der Waals surface area contributed by atoms with Crippen molar-refractivity contribution in [2.45, 2.75) is 18.8 Å². The number of aliphatic hydroxyl groups is 1. The van der Waals surface area contributed by atoms with Gasteiger partial charge >= 0.3 is 12.1 Å². The third-order valence-corrected chi connectivity index (χ3v) is 1.22. The standard InChI is InChI=1S/C5H9NO4/c6-4(7)10-5(8)2-1-3-9-5/h8H,1-3H2,(H2,6,7). The predicted octanol–water partition coefficient (Wildman–Crippen LogP) is -0.462. The van der Waals surface area contributed by atoms with Crippen LogP contribution in [0.1, 0.15) is 12.8 Å². The topological polar surface area (TPSA) is 81.8 Å². The van der Waals surface area contributed by atoms with E-state index in [1.54, 1.807) is 0 Å². The van der Waals surface area contributed by atoms with Crippen molar-refractivity contribution in [2.24, 2.45) is 5.73 Å². The number of primary amides is 1. The Balaban J connectivity index is 2.43. The molecule has 1 aliphatic heterocycles. The molecule has 1 amide bonds. The van der Waals surface area contributed by atoms with E-state index in [0.29, 0.717) is 13.0 Å². The molecular weight excluding hydrogens is 138 g/mol. The van der Waals surface area contributed by atoms with Crippen LogP contribution in [0, 0.1) is 0 Å². The lowest BCUT2D eigenvalue weighted by atomic mass is 10.3. The predicted molar refractivity (Wildman–Crippen MR) is 30.8 cm³/mol. The lowest BCUT2D eigenvalue weighted by Crippen LogP contribution is -2.35. The number of carbonyl (C=O) groups excluding carboxylic acids is 1. The summed E-state index contributed by atoms with van der Waals surface area (Å²) in [6.45, 7) is 0.393. The third kappa shape index (κ3) is 1.58. The SMILES string of the molecule is NC(=O)OC1(O)CCCO1. The van der Waals surface area contributed by atoms with Gasteiger partial charge in [0.15, 0.2) is 0 Å². The van der Waals surface area contributed by atoms with E-state index in [1.807, 2.05) is 0 Å². The first-order chi connectivity index (χ1) is 4.62. The highest BCUT2D eigenvalue weighted by molar-refractivity contribution is 5.64. The lowest BCUT2D eigenvalue weighted by Gasteiger charge is -2.18. The third-order valence-electron chi connectivity index (χ3n) is 1.22. The van der Waals surface area contributed by atoms with Crippen LogP contribution in [0.2, 0.25) is 0 Å². The molecule has 0 saturated carbocycles. The molecule has 0 spiro atoms. The number of nitrogens with two attached hydrogens (primary N) is 1. The molecule has 0 aromatic heterocycles. The minimum atomic E-state index is -1.76. The number of amides is 1. The van der Waals surface area contributed by atoms with Crippen LogP contribution in [0.25, 0.3) is 0 Å². The van der Waals surface area contributed by atoms with Gasteiger partial charge in [-0.15, -0.1) is 0 Å².